The highest BCUT2D eigenvalue weighted by Gasteiger charge is 2.22. The molecule has 0 radical (unpaired) electrons. The first-order valence-electron chi connectivity index (χ1n) is 2.99. The highest BCUT2D eigenvalue weighted by atomic mass is 16.4. The molecule has 0 saturated heterocycles. The van der Waals surface area contributed by atoms with Gasteiger partial charge in [0, 0.05) is 0 Å². The van der Waals surface area contributed by atoms with E-state index in [1.807, 2.05) is 0 Å². The zero-order chi connectivity index (χ0) is 8.15. The van der Waals surface area contributed by atoms with Gasteiger partial charge in [0.25, 0.3) is 0 Å². The number of Topliss-reactive ketones (excluding diaryl/α,β-unsaturated/α-hetero) is 1. The van der Waals surface area contributed by atoms with Crippen molar-refractivity contribution >= 4 is 11.8 Å². The Morgan fingerprint density at radius 3 is 2.10 bits per heavy atom. The van der Waals surface area contributed by atoms with Gasteiger partial charge in [0.05, 0.1) is 0 Å². The number of rotatable bonds is 4. The quantitative estimate of drug-likeness (QED) is 0.532. The minimum atomic E-state index is -1.17. The minimum absolute atomic E-state index is 0.231. The lowest BCUT2D eigenvalue weighted by atomic mass is 10.0. The van der Waals surface area contributed by atoms with E-state index in [-0.39, 0.29) is 6.42 Å². The number of hydrogen-bond acceptors (Lipinski definition) is 3. The third-order valence-electron chi connectivity index (χ3n) is 1.25. The number of hydrogen-bond donors (Lipinski definition) is 2. The maximum absolute atomic E-state index is 10.6. The van der Waals surface area contributed by atoms with Gasteiger partial charge in [-0.15, -0.1) is 0 Å². The van der Waals surface area contributed by atoms with E-state index in [0.717, 1.165) is 0 Å². The van der Waals surface area contributed by atoms with Crippen LogP contribution in [0, 0.1) is 5.92 Å². The van der Waals surface area contributed by atoms with E-state index in [4.69, 9.17) is 10.2 Å². The lowest BCUT2D eigenvalue weighted by molar-refractivity contribution is -0.147. The third kappa shape index (κ3) is 2.14. The van der Waals surface area contributed by atoms with Crippen LogP contribution in [0.3, 0.4) is 0 Å². The van der Waals surface area contributed by atoms with Crippen LogP contribution in [0.15, 0.2) is 0 Å². The summed E-state index contributed by atoms with van der Waals surface area (Å²) < 4.78 is 0. The van der Waals surface area contributed by atoms with Crippen LogP contribution >= 0.6 is 0 Å². The second kappa shape index (κ2) is 4.00. The summed E-state index contributed by atoms with van der Waals surface area (Å²) in [7, 11) is 0. The van der Waals surface area contributed by atoms with Crippen LogP contribution in [-0.2, 0) is 9.59 Å². The maximum Gasteiger partial charge on any atom is 0.314 e. The van der Waals surface area contributed by atoms with Gasteiger partial charge < -0.3 is 10.2 Å². The zero-order valence-corrected chi connectivity index (χ0v) is 5.70. The van der Waals surface area contributed by atoms with Crippen LogP contribution in [0.2, 0.25) is 0 Å². The monoisotopic (exact) mass is 146 g/mol. The Morgan fingerprint density at radius 1 is 1.50 bits per heavy atom. The van der Waals surface area contributed by atoms with Crippen molar-refractivity contribution in [1.82, 2.24) is 0 Å². The van der Waals surface area contributed by atoms with E-state index in [1.54, 1.807) is 6.92 Å². The van der Waals surface area contributed by atoms with E-state index in [2.05, 4.69) is 0 Å². The first-order chi connectivity index (χ1) is 4.63. The van der Waals surface area contributed by atoms with Crippen molar-refractivity contribution < 1.29 is 19.8 Å². The molecule has 0 aromatic carbocycles. The molecule has 10 heavy (non-hydrogen) atoms. The lowest BCUT2D eigenvalue weighted by Gasteiger charge is -2.04. The summed E-state index contributed by atoms with van der Waals surface area (Å²) in [6.45, 7) is 0.900. The number of aliphatic hydroxyl groups excluding tert-OH is 1. The Hall–Kier alpha value is -0.900. The fourth-order valence-electron chi connectivity index (χ4n) is 0.650. The summed E-state index contributed by atoms with van der Waals surface area (Å²) in [5, 5.41) is 16.6. The van der Waals surface area contributed by atoms with E-state index < -0.39 is 24.3 Å². The average molecular weight is 146 g/mol. The Balaban J connectivity index is 4.06. The van der Waals surface area contributed by atoms with Gasteiger partial charge in [-0.1, -0.05) is 6.92 Å². The molecule has 0 spiro atoms. The molecule has 0 saturated carbocycles. The van der Waals surface area contributed by atoms with Crippen molar-refractivity contribution in [3.05, 3.63) is 0 Å². The van der Waals surface area contributed by atoms with Gasteiger partial charge in [-0.3, -0.25) is 9.59 Å². The molecule has 4 nitrogen and oxygen atoms in total. The first kappa shape index (κ1) is 9.10. The van der Waals surface area contributed by atoms with Crippen molar-refractivity contribution in [2.75, 3.05) is 6.61 Å². The van der Waals surface area contributed by atoms with Crippen molar-refractivity contribution in [2.45, 2.75) is 13.3 Å². The number of aliphatic hydroxyl groups is 1. The molecule has 0 aliphatic heterocycles. The maximum atomic E-state index is 10.6. The van der Waals surface area contributed by atoms with E-state index >= 15 is 0 Å². The Kier molecular flexibility index (Phi) is 3.64. The molecule has 0 heterocycles. The van der Waals surface area contributed by atoms with Crippen molar-refractivity contribution in [2.24, 2.45) is 5.92 Å². The Bertz CT molecular complexity index is 141. The molecule has 0 aromatic heterocycles. The molecule has 58 valence electrons. The molecule has 1 atom stereocenters. The highest BCUT2D eigenvalue weighted by molar-refractivity contribution is 5.98. The summed E-state index contributed by atoms with van der Waals surface area (Å²) in [5.41, 5.74) is 0. The number of aliphatic carboxylic acids is 1. The van der Waals surface area contributed by atoms with E-state index in [1.165, 1.54) is 0 Å². The molecule has 2 N–H and O–H groups in total. The van der Waals surface area contributed by atoms with Crippen LogP contribution in [0.4, 0.5) is 0 Å². The van der Waals surface area contributed by atoms with Crippen LogP contribution < -0.4 is 0 Å². The molecule has 0 aliphatic rings. The fraction of sp³-hybridized carbons (Fsp3) is 0.667. The van der Waals surface area contributed by atoms with Gasteiger partial charge in [-0.25, -0.2) is 0 Å². The average Bonchev–Trinajstić information content (AvgIpc) is 1.88. The molecule has 0 aliphatic carbocycles. The summed E-state index contributed by atoms with van der Waals surface area (Å²) in [4.78, 5) is 20.8. The second-order valence-corrected chi connectivity index (χ2v) is 1.92. The summed E-state index contributed by atoms with van der Waals surface area (Å²) in [6, 6.07) is 0. The minimum Gasteiger partial charge on any atom is -0.481 e. The SMILES string of the molecule is CCC(C(=O)O)C(=O)CO. The molecular formula is C6H10O4. The summed E-state index contributed by atoms with van der Waals surface area (Å²) in [6.07, 6.45) is 0.231. The van der Waals surface area contributed by atoms with Crippen LogP contribution in [0.5, 0.6) is 0 Å². The van der Waals surface area contributed by atoms with E-state index in [0.29, 0.717) is 0 Å². The fourth-order valence-corrected chi connectivity index (χ4v) is 0.650. The summed E-state index contributed by atoms with van der Waals surface area (Å²) in [5.74, 6) is -2.83. The molecular weight excluding hydrogens is 136 g/mol. The van der Waals surface area contributed by atoms with Crippen LogP contribution in [0.1, 0.15) is 13.3 Å². The molecule has 0 aromatic rings. The largest absolute Gasteiger partial charge is 0.481 e. The predicted molar refractivity (Wildman–Crippen MR) is 33.5 cm³/mol. The molecule has 0 amide bonds. The van der Waals surface area contributed by atoms with E-state index in [9.17, 15) is 9.59 Å². The van der Waals surface area contributed by atoms with Crippen LogP contribution in [-0.4, -0.2) is 28.6 Å². The Morgan fingerprint density at radius 2 is 2.00 bits per heavy atom. The normalized spacial score (nSPS) is 12.6. The predicted octanol–water partition coefficient (Wildman–Crippen LogP) is -0.341. The molecule has 4 heteroatoms. The van der Waals surface area contributed by atoms with Gasteiger partial charge in [-0.2, -0.15) is 0 Å². The number of carboxylic acids is 1. The Labute approximate surface area is 58.5 Å². The van der Waals surface area contributed by atoms with Gasteiger partial charge in [-0.05, 0) is 6.42 Å². The van der Waals surface area contributed by atoms with Gasteiger partial charge >= 0.3 is 5.97 Å². The molecule has 0 bridgehead atoms. The lowest BCUT2D eigenvalue weighted by Crippen LogP contribution is -2.25. The van der Waals surface area contributed by atoms with Crippen molar-refractivity contribution in [3.63, 3.8) is 0 Å². The van der Waals surface area contributed by atoms with Crippen molar-refractivity contribution in [1.29, 1.82) is 0 Å². The molecule has 0 rings (SSSR count). The molecule has 0 fully saturated rings. The third-order valence-corrected chi connectivity index (χ3v) is 1.25. The molecule has 1 unspecified atom stereocenters. The number of carbonyl (C=O) groups is 2. The highest BCUT2D eigenvalue weighted by Crippen LogP contribution is 2.02. The topological polar surface area (TPSA) is 74.6 Å². The van der Waals surface area contributed by atoms with Gasteiger partial charge in [0.2, 0.25) is 0 Å². The smallest absolute Gasteiger partial charge is 0.314 e. The van der Waals surface area contributed by atoms with Crippen molar-refractivity contribution in [3.8, 4) is 0 Å². The van der Waals surface area contributed by atoms with Gasteiger partial charge in [0.15, 0.2) is 5.78 Å². The second-order valence-electron chi connectivity index (χ2n) is 1.92. The standard InChI is InChI=1S/C6H10O4/c1-2-4(6(9)10)5(8)3-7/h4,7H,2-3H2,1H3,(H,9,10). The number of carboxylic acid groups (broad SMARTS) is 1. The first-order valence-corrected chi connectivity index (χ1v) is 2.99. The number of ketones is 1. The number of carbonyl (C=O) groups excluding carboxylic acids is 1. The van der Waals surface area contributed by atoms with Gasteiger partial charge in [0.1, 0.15) is 12.5 Å². The van der Waals surface area contributed by atoms with Crippen LogP contribution in [0.25, 0.3) is 0 Å². The summed E-state index contributed by atoms with van der Waals surface area (Å²) >= 11 is 0. The zero-order valence-electron chi connectivity index (χ0n) is 5.70.